The summed E-state index contributed by atoms with van der Waals surface area (Å²) in [6.07, 6.45) is 3.33. The van der Waals surface area contributed by atoms with Gasteiger partial charge in [0.15, 0.2) is 0 Å². The Morgan fingerprint density at radius 3 is 1.79 bits per heavy atom. The maximum atomic E-state index is 14.8. The summed E-state index contributed by atoms with van der Waals surface area (Å²) in [6, 6.07) is 27.7. The summed E-state index contributed by atoms with van der Waals surface area (Å²) in [7, 11) is 1.26. The summed E-state index contributed by atoms with van der Waals surface area (Å²) in [5.74, 6) is -2.47. The molecule has 3 aromatic heterocycles. The van der Waals surface area contributed by atoms with Gasteiger partial charge in [-0.15, -0.1) is 0 Å². The zero-order valence-electron chi connectivity index (χ0n) is 35.6. The molecule has 1 aliphatic rings. The molecule has 14 heteroatoms. The zero-order valence-corrected chi connectivity index (χ0v) is 35.6. The number of fused-ring (bicyclic) bond motifs is 5. The molecule has 0 saturated heterocycles. The molecule has 14 nitrogen and oxygen atoms in total. The Kier molecular flexibility index (Phi) is 12.1. The second-order valence-electron chi connectivity index (χ2n) is 17.0. The van der Waals surface area contributed by atoms with E-state index >= 15 is 0 Å². The minimum atomic E-state index is -1.21. The molecule has 7 aromatic rings. The molecule has 4 atom stereocenters. The molecule has 1 aliphatic heterocycles. The number of benzene rings is 4. The van der Waals surface area contributed by atoms with Crippen LogP contribution in [0.5, 0.6) is 0 Å². The molecule has 0 spiro atoms. The largest absolute Gasteiger partial charge is 0.467 e. The van der Waals surface area contributed by atoms with Crippen LogP contribution in [0.4, 0.5) is 4.79 Å². The Morgan fingerprint density at radius 2 is 1.19 bits per heavy atom. The SMILES string of the molecule is COC(=O)[C@H](Cc1c[nH]c2ccccc12)NC(=O)[C@H](Cc1ccccc1)NC(=O)[C@H](Cc1c[nH]c2ccccc12)NC(=O)[C@@H]1Cc2c([nH]c3ccccc23)CN1C(=O)OC(C)(C)C. The first kappa shape index (κ1) is 42.3. The maximum absolute atomic E-state index is 14.8. The van der Waals surface area contributed by atoms with Crippen LogP contribution >= 0.6 is 0 Å². The predicted octanol–water partition coefficient (Wildman–Crippen LogP) is 6.15. The summed E-state index contributed by atoms with van der Waals surface area (Å²) in [6.45, 7) is 5.36. The Hall–Kier alpha value is -7.35. The second kappa shape index (κ2) is 17.9. The number of hydrogen-bond donors (Lipinski definition) is 6. The Labute approximate surface area is 364 Å². The summed E-state index contributed by atoms with van der Waals surface area (Å²) in [4.78, 5) is 82.4. The molecule has 0 unspecified atom stereocenters. The number of nitrogens with zero attached hydrogens (tertiary/aromatic N) is 1. The van der Waals surface area contributed by atoms with Crippen LogP contribution in [0, 0.1) is 0 Å². The van der Waals surface area contributed by atoms with Crippen LogP contribution < -0.4 is 16.0 Å². The predicted molar refractivity (Wildman–Crippen MR) is 240 cm³/mol. The van der Waals surface area contributed by atoms with Crippen molar-refractivity contribution >= 4 is 62.5 Å². The van der Waals surface area contributed by atoms with Gasteiger partial charge < -0.3 is 40.4 Å². The van der Waals surface area contributed by atoms with Gasteiger partial charge in [-0.2, -0.15) is 0 Å². The van der Waals surface area contributed by atoms with Gasteiger partial charge in [0.1, 0.15) is 29.8 Å². The van der Waals surface area contributed by atoms with E-state index in [2.05, 4.69) is 30.9 Å². The van der Waals surface area contributed by atoms with E-state index in [1.165, 1.54) is 12.0 Å². The average molecular weight is 850 g/mol. The van der Waals surface area contributed by atoms with Crippen molar-refractivity contribution in [1.82, 2.24) is 35.8 Å². The van der Waals surface area contributed by atoms with Crippen molar-refractivity contribution in [3.05, 3.63) is 143 Å². The fraction of sp³-hybridized carbons (Fsp3) is 0.286. The maximum Gasteiger partial charge on any atom is 0.411 e. The average Bonchev–Trinajstić information content (AvgIpc) is 3.99. The number of carbonyl (C=O) groups excluding carboxylic acids is 5. The van der Waals surface area contributed by atoms with Gasteiger partial charge in [0, 0.05) is 76.5 Å². The van der Waals surface area contributed by atoms with Crippen molar-refractivity contribution in [2.45, 2.75) is 82.8 Å². The van der Waals surface area contributed by atoms with Crippen molar-refractivity contribution in [3.8, 4) is 0 Å². The number of amides is 4. The van der Waals surface area contributed by atoms with Gasteiger partial charge in [0.05, 0.1) is 13.7 Å². The molecule has 0 saturated carbocycles. The van der Waals surface area contributed by atoms with Crippen molar-refractivity contribution in [1.29, 1.82) is 0 Å². The molecule has 63 heavy (non-hydrogen) atoms. The quantitative estimate of drug-likeness (QED) is 0.0751. The van der Waals surface area contributed by atoms with Gasteiger partial charge in [-0.25, -0.2) is 9.59 Å². The number of esters is 1. The van der Waals surface area contributed by atoms with E-state index in [0.29, 0.717) is 0 Å². The molecule has 0 bridgehead atoms. The van der Waals surface area contributed by atoms with Crippen LogP contribution in [0.2, 0.25) is 0 Å². The monoisotopic (exact) mass is 849 g/mol. The van der Waals surface area contributed by atoms with Crippen LogP contribution in [-0.2, 0) is 60.9 Å². The highest BCUT2D eigenvalue weighted by atomic mass is 16.6. The number of aromatic amines is 3. The number of nitrogens with one attached hydrogen (secondary N) is 6. The first-order chi connectivity index (χ1) is 30.3. The van der Waals surface area contributed by atoms with Gasteiger partial charge in [-0.3, -0.25) is 19.3 Å². The molecule has 0 fully saturated rings. The molecule has 0 aliphatic carbocycles. The fourth-order valence-electron chi connectivity index (χ4n) is 8.41. The third kappa shape index (κ3) is 9.44. The zero-order chi connectivity index (χ0) is 44.3. The molecular weight excluding hydrogens is 799 g/mol. The Balaban J connectivity index is 1.10. The lowest BCUT2D eigenvalue weighted by atomic mass is 9.95. The fourth-order valence-corrected chi connectivity index (χ4v) is 8.41. The van der Waals surface area contributed by atoms with Crippen LogP contribution in [0.3, 0.4) is 0 Å². The Bertz CT molecular complexity index is 2800. The van der Waals surface area contributed by atoms with Crippen LogP contribution in [0.15, 0.2) is 116 Å². The third-order valence-corrected chi connectivity index (χ3v) is 11.5. The van der Waals surface area contributed by atoms with Crippen LogP contribution in [0.1, 0.15) is 48.7 Å². The first-order valence-electron chi connectivity index (χ1n) is 21.1. The van der Waals surface area contributed by atoms with Gasteiger partial charge in [0.2, 0.25) is 17.7 Å². The van der Waals surface area contributed by atoms with E-state index in [9.17, 15) is 24.0 Å². The molecule has 4 heterocycles. The molecule has 4 aromatic carbocycles. The molecular formula is C49H51N7O7. The smallest absolute Gasteiger partial charge is 0.411 e. The molecule has 4 amide bonds. The lowest BCUT2D eigenvalue weighted by molar-refractivity contribution is -0.145. The molecule has 8 rings (SSSR count). The van der Waals surface area contributed by atoms with E-state index < -0.39 is 59.6 Å². The van der Waals surface area contributed by atoms with Crippen molar-refractivity contribution in [2.75, 3.05) is 7.11 Å². The van der Waals surface area contributed by atoms with Gasteiger partial charge in [-0.1, -0.05) is 84.9 Å². The normalized spacial score (nSPS) is 15.3. The number of aromatic nitrogens is 3. The molecule has 0 radical (unpaired) electrons. The number of carbonyl (C=O) groups is 5. The highest BCUT2D eigenvalue weighted by Gasteiger charge is 2.40. The number of H-pyrrole nitrogens is 3. The van der Waals surface area contributed by atoms with Crippen molar-refractivity contribution in [3.63, 3.8) is 0 Å². The van der Waals surface area contributed by atoms with E-state index in [1.807, 2.05) is 103 Å². The van der Waals surface area contributed by atoms with Crippen molar-refractivity contribution < 1.29 is 33.4 Å². The summed E-state index contributed by atoms with van der Waals surface area (Å²) >= 11 is 0. The molecule has 6 N–H and O–H groups in total. The third-order valence-electron chi connectivity index (χ3n) is 11.5. The first-order valence-corrected chi connectivity index (χ1v) is 21.1. The lowest BCUT2D eigenvalue weighted by Gasteiger charge is -2.36. The standard InChI is InChI=1S/C49H51N7O7/c1-49(2,3)63-48(61)56-28-42-35(34-18-10-13-21-38(34)52-42)25-43(56)46(59)54-40(23-30-26-50-36-19-11-8-16-32(30)36)45(58)53-39(22-29-14-6-5-7-15-29)44(57)55-41(47(60)62-4)24-31-27-51-37-20-12-9-17-33(31)37/h5-21,26-27,39-41,43,50-52H,22-25,28H2,1-4H3,(H,53,58)(H,54,59)(H,55,57)/t39-,40-,41-,43-/m0/s1. The highest BCUT2D eigenvalue weighted by molar-refractivity contribution is 5.97. The minimum Gasteiger partial charge on any atom is -0.467 e. The van der Waals surface area contributed by atoms with Crippen LogP contribution in [0.25, 0.3) is 32.7 Å². The molecule has 324 valence electrons. The second-order valence-corrected chi connectivity index (χ2v) is 17.0. The van der Waals surface area contributed by atoms with Crippen molar-refractivity contribution in [2.24, 2.45) is 0 Å². The minimum absolute atomic E-state index is 0.0457. The topological polar surface area (TPSA) is 191 Å². The summed E-state index contributed by atoms with van der Waals surface area (Å²) in [5.41, 5.74) is 5.77. The number of hydrogen-bond acceptors (Lipinski definition) is 7. The van der Waals surface area contributed by atoms with E-state index in [1.54, 1.807) is 33.2 Å². The summed E-state index contributed by atoms with van der Waals surface area (Å²) < 4.78 is 10.9. The number of rotatable bonds is 13. The lowest BCUT2D eigenvalue weighted by Crippen LogP contribution is -2.60. The number of ether oxygens (including phenoxy) is 2. The highest BCUT2D eigenvalue weighted by Crippen LogP contribution is 2.32. The summed E-state index contributed by atoms with van der Waals surface area (Å²) in [5, 5.41) is 11.5. The number of methoxy groups -OCH3 is 1. The van der Waals surface area contributed by atoms with Crippen LogP contribution in [-0.4, -0.2) is 86.5 Å². The van der Waals surface area contributed by atoms with Gasteiger partial charge in [-0.05, 0) is 61.2 Å². The van der Waals surface area contributed by atoms with E-state index in [-0.39, 0.29) is 32.2 Å². The van der Waals surface area contributed by atoms with Gasteiger partial charge in [0.25, 0.3) is 0 Å². The van der Waals surface area contributed by atoms with E-state index in [0.717, 1.165) is 60.7 Å². The van der Waals surface area contributed by atoms with E-state index in [4.69, 9.17) is 9.47 Å². The number of para-hydroxylation sites is 3. The van der Waals surface area contributed by atoms with Gasteiger partial charge >= 0.3 is 12.1 Å². The Morgan fingerprint density at radius 1 is 0.667 bits per heavy atom.